The number of pyridine rings is 1. The molecule has 0 spiro atoms. The molecule has 2 fully saturated rings. The van der Waals surface area contributed by atoms with E-state index in [1.807, 2.05) is 29.3 Å². The van der Waals surface area contributed by atoms with E-state index in [9.17, 15) is 4.79 Å². The largest absolute Gasteiger partial charge is 0.338 e. The molecule has 1 aliphatic carbocycles. The molecule has 4 rings (SSSR count). The minimum Gasteiger partial charge on any atom is -0.338 e. The summed E-state index contributed by atoms with van der Waals surface area (Å²) in [6.45, 7) is 4.65. The van der Waals surface area contributed by atoms with E-state index in [-0.39, 0.29) is 6.03 Å². The van der Waals surface area contributed by atoms with Crippen LogP contribution >= 0.6 is 0 Å². The third-order valence-electron chi connectivity index (χ3n) is 5.28. The second-order valence-electron chi connectivity index (χ2n) is 6.91. The molecule has 0 unspecified atom stereocenters. The van der Waals surface area contributed by atoms with Gasteiger partial charge in [-0.15, -0.1) is 10.2 Å². The van der Waals surface area contributed by atoms with Gasteiger partial charge in [0.1, 0.15) is 5.82 Å². The predicted molar refractivity (Wildman–Crippen MR) is 87.2 cm³/mol. The summed E-state index contributed by atoms with van der Waals surface area (Å²) >= 11 is 0. The fourth-order valence-corrected chi connectivity index (χ4v) is 3.49. The number of hydrogen-bond donors (Lipinski definition) is 1. The monoisotopic (exact) mass is 313 g/mol. The van der Waals surface area contributed by atoms with E-state index in [0.717, 1.165) is 49.9 Å². The lowest BCUT2D eigenvalue weighted by molar-refractivity contribution is 0.179. The van der Waals surface area contributed by atoms with Gasteiger partial charge in [0.05, 0.1) is 0 Å². The van der Waals surface area contributed by atoms with Crippen molar-refractivity contribution in [2.24, 2.45) is 11.8 Å². The van der Waals surface area contributed by atoms with Gasteiger partial charge in [-0.3, -0.25) is 4.40 Å². The highest BCUT2D eigenvalue weighted by Crippen LogP contribution is 2.36. The van der Waals surface area contributed by atoms with E-state index in [2.05, 4.69) is 26.8 Å². The van der Waals surface area contributed by atoms with Crippen LogP contribution in [0.2, 0.25) is 0 Å². The molecule has 1 N–H and O–H groups in total. The molecule has 1 saturated heterocycles. The first-order chi connectivity index (χ1) is 11.2. The highest BCUT2D eigenvalue weighted by atomic mass is 16.2. The number of carbonyl (C=O) groups is 1. The van der Waals surface area contributed by atoms with E-state index >= 15 is 0 Å². The number of aromatic nitrogens is 3. The lowest BCUT2D eigenvalue weighted by atomic mass is 9.96. The average Bonchev–Trinajstić information content (AvgIpc) is 3.13. The number of nitrogens with zero attached hydrogens (tertiary/aromatic N) is 4. The van der Waals surface area contributed by atoms with Gasteiger partial charge in [0.15, 0.2) is 5.65 Å². The molecule has 1 saturated carbocycles. The Bertz CT molecular complexity index is 704. The van der Waals surface area contributed by atoms with Gasteiger partial charge in [-0.05, 0) is 43.2 Å². The van der Waals surface area contributed by atoms with Gasteiger partial charge in [0.25, 0.3) is 0 Å². The molecule has 23 heavy (non-hydrogen) atoms. The van der Waals surface area contributed by atoms with Crippen molar-refractivity contribution in [3.8, 4) is 0 Å². The Morgan fingerprint density at radius 2 is 2.09 bits per heavy atom. The zero-order chi connectivity index (χ0) is 15.8. The van der Waals surface area contributed by atoms with E-state index in [1.165, 1.54) is 6.42 Å². The number of urea groups is 1. The van der Waals surface area contributed by atoms with E-state index in [4.69, 9.17) is 0 Å². The molecular weight excluding hydrogens is 290 g/mol. The second-order valence-corrected chi connectivity index (χ2v) is 6.91. The maximum Gasteiger partial charge on any atom is 0.317 e. The molecule has 2 aromatic rings. The van der Waals surface area contributed by atoms with Crippen LogP contribution in [0, 0.1) is 11.8 Å². The van der Waals surface area contributed by atoms with Crippen molar-refractivity contribution in [2.75, 3.05) is 19.6 Å². The minimum atomic E-state index is 0.0913. The SMILES string of the molecule is C[C@@H]1C[C@@H]1CNC(=O)N1CCC(c2nnc3ccccn23)CC1. The highest BCUT2D eigenvalue weighted by molar-refractivity contribution is 5.74. The van der Waals surface area contributed by atoms with Crippen molar-refractivity contribution in [2.45, 2.75) is 32.1 Å². The number of fused-ring (bicyclic) bond motifs is 1. The van der Waals surface area contributed by atoms with Gasteiger partial charge in [-0.25, -0.2) is 4.79 Å². The fourth-order valence-electron chi connectivity index (χ4n) is 3.49. The van der Waals surface area contributed by atoms with Crippen molar-refractivity contribution in [3.05, 3.63) is 30.2 Å². The standard InChI is InChI=1S/C17H23N5O/c1-12-10-14(12)11-18-17(23)21-8-5-13(6-9-21)16-20-19-15-4-2-3-7-22(15)16/h2-4,7,12-14H,5-6,8-11H2,1H3,(H,18,23)/t12-,14-/m1/s1. The first-order valence-corrected chi connectivity index (χ1v) is 8.55. The van der Waals surface area contributed by atoms with Crippen molar-refractivity contribution < 1.29 is 4.79 Å². The Balaban J connectivity index is 1.34. The van der Waals surface area contributed by atoms with Crippen LogP contribution in [0.4, 0.5) is 4.79 Å². The Labute approximate surface area is 135 Å². The second kappa shape index (κ2) is 5.83. The minimum absolute atomic E-state index is 0.0913. The number of amides is 2. The number of hydrogen-bond acceptors (Lipinski definition) is 3. The highest BCUT2D eigenvalue weighted by Gasteiger charge is 2.33. The zero-order valence-corrected chi connectivity index (χ0v) is 13.5. The van der Waals surface area contributed by atoms with Crippen LogP contribution in [0.15, 0.2) is 24.4 Å². The van der Waals surface area contributed by atoms with Crippen LogP contribution in [0.25, 0.3) is 5.65 Å². The molecule has 1 aliphatic heterocycles. The number of likely N-dealkylation sites (tertiary alicyclic amines) is 1. The first kappa shape index (κ1) is 14.5. The Morgan fingerprint density at radius 3 is 2.83 bits per heavy atom. The Kier molecular flexibility index (Phi) is 3.67. The molecule has 0 aromatic carbocycles. The fraction of sp³-hybridized carbons (Fsp3) is 0.588. The maximum absolute atomic E-state index is 12.2. The van der Waals surface area contributed by atoms with E-state index in [1.54, 1.807) is 0 Å². The normalized spacial score (nSPS) is 24.8. The third kappa shape index (κ3) is 2.90. The van der Waals surface area contributed by atoms with Crippen LogP contribution in [0.1, 0.15) is 37.9 Å². The molecule has 3 heterocycles. The maximum atomic E-state index is 12.2. The lowest BCUT2D eigenvalue weighted by Gasteiger charge is -2.31. The summed E-state index contributed by atoms with van der Waals surface area (Å²) in [6, 6.07) is 6.04. The quantitative estimate of drug-likeness (QED) is 0.945. The van der Waals surface area contributed by atoms with Crippen molar-refractivity contribution in [1.82, 2.24) is 24.8 Å². The van der Waals surface area contributed by atoms with Gasteiger partial charge in [0, 0.05) is 31.7 Å². The predicted octanol–water partition coefficient (Wildman–Crippen LogP) is 2.27. The summed E-state index contributed by atoms with van der Waals surface area (Å²) < 4.78 is 2.06. The molecule has 2 aromatic heterocycles. The number of rotatable bonds is 3. The van der Waals surface area contributed by atoms with Gasteiger partial charge in [0.2, 0.25) is 0 Å². The molecule has 0 bridgehead atoms. The van der Waals surface area contributed by atoms with Crippen LogP contribution in [-0.2, 0) is 0 Å². The first-order valence-electron chi connectivity index (χ1n) is 8.55. The number of piperidine rings is 1. The summed E-state index contributed by atoms with van der Waals surface area (Å²) in [6.07, 6.45) is 5.16. The Morgan fingerprint density at radius 1 is 1.30 bits per heavy atom. The molecule has 6 nitrogen and oxygen atoms in total. The van der Waals surface area contributed by atoms with Crippen LogP contribution in [0.5, 0.6) is 0 Å². The average molecular weight is 313 g/mol. The third-order valence-corrected chi connectivity index (χ3v) is 5.28. The zero-order valence-electron chi connectivity index (χ0n) is 13.5. The Hall–Kier alpha value is -2.11. The smallest absolute Gasteiger partial charge is 0.317 e. The van der Waals surface area contributed by atoms with E-state index < -0.39 is 0 Å². The molecule has 122 valence electrons. The molecule has 2 atom stereocenters. The number of nitrogens with one attached hydrogen (secondary N) is 1. The van der Waals surface area contributed by atoms with E-state index in [0.29, 0.717) is 11.8 Å². The molecule has 6 heteroatoms. The summed E-state index contributed by atoms with van der Waals surface area (Å²) in [5, 5.41) is 11.7. The van der Waals surface area contributed by atoms with Crippen molar-refractivity contribution in [3.63, 3.8) is 0 Å². The summed E-state index contributed by atoms with van der Waals surface area (Å²) in [7, 11) is 0. The summed E-state index contributed by atoms with van der Waals surface area (Å²) in [5.74, 6) is 2.87. The van der Waals surface area contributed by atoms with Gasteiger partial charge in [-0.1, -0.05) is 13.0 Å². The van der Waals surface area contributed by atoms with Gasteiger partial charge >= 0.3 is 6.03 Å². The van der Waals surface area contributed by atoms with Crippen LogP contribution in [0.3, 0.4) is 0 Å². The van der Waals surface area contributed by atoms with Gasteiger partial charge < -0.3 is 10.2 Å². The lowest BCUT2D eigenvalue weighted by Crippen LogP contribution is -2.44. The summed E-state index contributed by atoms with van der Waals surface area (Å²) in [5.41, 5.74) is 0.890. The molecule has 2 amide bonds. The van der Waals surface area contributed by atoms with Crippen LogP contribution in [-0.4, -0.2) is 45.2 Å². The van der Waals surface area contributed by atoms with Gasteiger partial charge in [-0.2, -0.15) is 0 Å². The van der Waals surface area contributed by atoms with Crippen LogP contribution < -0.4 is 5.32 Å². The number of carbonyl (C=O) groups excluding carboxylic acids is 1. The van der Waals surface area contributed by atoms with Crippen molar-refractivity contribution in [1.29, 1.82) is 0 Å². The molecular formula is C17H23N5O. The summed E-state index contributed by atoms with van der Waals surface area (Å²) in [4.78, 5) is 14.2. The topological polar surface area (TPSA) is 62.5 Å². The molecule has 0 radical (unpaired) electrons. The van der Waals surface area contributed by atoms with Crippen molar-refractivity contribution >= 4 is 11.7 Å². The molecule has 2 aliphatic rings.